The maximum atomic E-state index is 13.1. The summed E-state index contributed by atoms with van der Waals surface area (Å²) >= 11 is 0. The van der Waals surface area contributed by atoms with Crippen LogP contribution in [0.5, 0.6) is 0 Å². The number of nitrogens with one attached hydrogen (secondary N) is 1. The standard InChI is InChI=1S/C25H25N5O3/c1-29-16-20(15-26-29)18-8-6-9-19(14-18)24(32)28-25-27-21(10-7-13-23(31)33-2)17-30(25)22-11-4-3-5-12-22/h3-6,8-9,11-12,14-17H,7,10,13H2,1-2H3,(H,27,28,32). The molecular weight excluding hydrogens is 418 g/mol. The second-order valence-electron chi connectivity index (χ2n) is 7.63. The topological polar surface area (TPSA) is 91.0 Å². The maximum Gasteiger partial charge on any atom is 0.305 e. The number of aryl methyl sites for hydroxylation is 2. The van der Waals surface area contributed by atoms with Crippen molar-refractivity contribution < 1.29 is 14.3 Å². The SMILES string of the molecule is COC(=O)CCCc1cn(-c2ccccc2)c(NC(=O)c2cccc(-c3cnn(C)c3)c2)n1. The van der Waals surface area contributed by atoms with Crippen LogP contribution in [0.2, 0.25) is 0 Å². The van der Waals surface area contributed by atoms with Crippen molar-refractivity contribution in [3.63, 3.8) is 0 Å². The zero-order valence-corrected chi connectivity index (χ0v) is 18.6. The van der Waals surface area contributed by atoms with Crippen molar-refractivity contribution in [2.75, 3.05) is 12.4 Å². The highest BCUT2D eigenvalue weighted by atomic mass is 16.5. The van der Waals surface area contributed by atoms with Crippen LogP contribution in [0.4, 0.5) is 5.95 Å². The van der Waals surface area contributed by atoms with Gasteiger partial charge in [0, 0.05) is 42.7 Å². The first-order chi connectivity index (χ1) is 16.0. The number of esters is 1. The Morgan fingerprint density at radius 3 is 2.58 bits per heavy atom. The summed E-state index contributed by atoms with van der Waals surface area (Å²) in [5.74, 6) is -0.0878. The van der Waals surface area contributed by atoms with E-state index in [9.17, 15) is 9.59 Å². The number of hydrogen-bond acceptors (Lipinski definition) is 5. The lowest BCUT2D eigenvalue weighted by Crippen LogP contribution is -2.15. The molecule has 1 amide bonds. The van der Waals surface area contributed by atoms with Crippen LogP contribution >= 0.6 is 0 Å². The van der Waals surface area contributed by atoms with Gasteiger partial charge in [0.05, 0.1) is 19.0 Å². The lowest BCUT2D eigenvalue weighted by atomic mass is 10.1. The van der Waals surface area contributed by atoms with Crippen molar-refractivity contribution in [3.05, 3.63) is 84.4 Å². The Hall–Kier alpha value is -4.20. The van der Waals surface area contributed by atoms with Crippen LogP contribution in [0.15, 0.2) is 73.2 Å². The maximum absolute atomic E-state index is 13.1. The molecule has 0 aliphatic heterocycles. The summed E-state index contributed by atoms with van der Waals surface area (Å²) in [6.45, 7) is 0. The minimum absolute atomic E-state index is 0.250. The number of benzene rings is 2. The van der Waals surface area contributed by atoms with Gasteiger partial charge in [-0.05, 0) is 42.7 Å². The number of ether oxygens (including phenoxy) is 1. The van der Waals surface area contributed by atoms with Gasteiger partial charge in [-0.3, -0.25) is 24.2 Å². The van der Waals surface area contributed by atoms with Gasteiger partial charge in [-0.15, -0.1) is 0 Å². The van der Waals surface area contributed by atoms with E-state index in [0.29, 0.717) is 30.8 Å². The first-order valence-electron chi connectivity index (χ1n) is 10.6. The fourth-order valence-electron chi connectivity index (χ4n) is 3.52. The van der Waals surface area contributed by atoms with Gasteiger partial charge in [0.1, 0.15) is 0 Å². The summed E-state index contributed by atoms with van der Waals surface area (Å²) in [7, 11) is 3.23. The van der Waals surface area contributed by atoms with E-state index in [0.717, 1.165) is 22.5 Å². The number of rotatable bonds is 8. The van der Waals surface area contributed by atoms with E-state index in [4.69, 9.17) is 4.74 Å². The van der Waals surface area contributed by atoms with E-state index in [1.165, 1.54) is 7.11 Å². The predicted octanol–water partition coefficient (Wildman–Crippen LogP) is 4.02. The third-order valence-electron chi connectivity index (χ3n) is 5.22. The van der Waals surface area contributed by atoms with Crippen LogP contribution in [0.3, 0.4) is 0 Å². The molecule has 4 aromatic rings. The molecule has 1 N–H and O–H groups in total. The number of para-hydroxylation sites is 1. The van der Waals surface area contributed by atoms with Gasteiger partial charge < -0.3 is 4.74 Å². The number of imidazole rings is 1. The third kappa shape index (κ3) is 5.35. The molecule has 0 radical (unpaired) electrons. The molecule has 0 spiro atoms. The number of carbonyl (C=O) groups excluding carboxylic acids is 2. The molecule has 0 aliphatic carbocycles. The number of anilines is 1. The molecule has 2 heterocycles. The Balaban J connectivity index is 1.57. The minimum Gasteiger partial charge on any atom is -0.469 e. The molecule has 0 atom stereocenters. The average Bonchev–Trinajstić information content (AvgIpc) is 3.45. The Bertz CT molecular complexity index is 1260. The molecular formula is C25H25N5O3. The quantitative estimate of drug-likeness (QED) is 0.415. The van der Waals surface area contributed by atoms with Crippen molar-refractivity contribution in [1.29, 1.82) is 0 Å². The van der Waals surface area contributed by atoms with E-state index < -0.39 is 0 Å². The van der Waals surface area contributed by atoms with E-state index in [1.807, 2.05) is 72.5 Å². The van der Waals surface area contributed by atoms with Gasteiger partial charge >= 0.3 is 5.97 Å². The normalized spacial score (nSPS) is 10.7. The van der Waals surface area contributed by atoms with Crippen LogP contribution in [-0.2, 0) is 23.0 Å². The third-order valence-corrected chi connectivity index (χ3v) is 5.22. The summed E-state index contributed by atoms with van der Waals surface area (Å²) in [6.07, 6.45) is 7.07. The first kappa shape index (κ1) is 22.0. The fraction of sp³-hybridized carbons (Fsp3) is 0.200. The summed E-state index contributed by atoms with van der Waals surface area (Å²) in [5, 5.41) is 7.14. The Labute approximate surface area is 191 Å². The minimum atomic E-state index is -0.260. The molecule has 0 aliphatic rings. The van der Waals surface area contributed by atoms with Crippen molar-refractivity contribution in [2.24, 2.45) is 7.05 Å². The molecule has 4 rings (SSSR count). The number of methoxy groups -OCH3 is 1. The Morgan fingerprint density at radius 2 is 1.85 bits per heavy atom. The highest BCUT2D eigenvalue weighted by molar-refractivity contribution is 6.04. The monoisotopic (exact) mass is 443 g/mol. The number of carbonyl (C=O) groups is 2. The largest absolute Gasteiger partial charge is 0.469 e. The molecule has 8 nitrogen and oxygen atoms in total. The molecule has 168 valence electrons. The van der Waals surface area contributed by atoms with Crippen LogP contribution < -0.4 is 5.32 Å². The highest BCUT2D eigenvalue weighted by Gasteiger charge is 2.15. The number of hydrogen-bond donors (Lipinski definition) is 1. The van der Waals surface area contributed by atoms with Gasteiger partial charge in [0.2, 0.25) is 5.95 Å². The smallest absolute Gasteiger partial charge is 0.305 e. The summed E-state index contributed by atoms with van der Waals surface area (Å²) in [6, 6.07) is 17.1. The Kier molecular flexibility index (Phi) is 6.64. The van der Waals surface area contributed by atoms with Gasteiger partial charge in [0.25, 0.3) is 5.91 Å². The van der Waals surface area contributed by atoms with Gasteiger partial charge in [-0.2, -0.15) is 5.10 Å². The van der Waals surface area contributed by atoms with Gasteiger partial charge in [0.15, 0.2) is 0 Å². The van der Waals surface area contributed by atoms with Crippen LogP contribution in [0, 0.1) is 0 Å². The molecule has 0 fully saturated rings. The lowest BCUT2D eigenvalue weighted by molar-refractivity contribution is -0.140. The van der Waals surface area contributed by atoms with Gasteiger partial charge in [-0.25, -0.2) is 4.98 Å². The summed E-state index contributed by atoms with van der Waals surface area (Å²) in [4.78, 5) is 29.1. The molecule has 33 heavy (non-hydrogen) atoms. The first-order valence-corrected chi connectivity index (χ1v) is 10.6. The van der Waals surface area contributed by atoms with Crippen LogP contribution in [-0.4, -0.2) is 38.3 Å². The van der Waals surface area contributed by atoms with Crippen molar-refractivity contribution in [3.8, 4) is 16.8 Å². The van der Waals surface area contributed by atoms with Crippen molar-refractivity contribution in [2.45, 2.75) is 19.3 Å². The van der Waals surface area contributed by atoms with Crippen LogP contribution in [0.1, 0.15) is 28.9 Å². The second-order valence-corrected chi connectivity index (χ2v) is 7.63. The molecule has 0 saturated heterocycles. The zero-order valence-electron chi connectivity index (χ0n) is 18.6. The predicted molar refractivity (Wildman–Crippen MR) is 125 cm³/mol. The average molecular weight is 444 g/mol. The summed E-state index contributed by atoms with van der Waals surface area (Å²) < 4.78 is 8.27. The fourth-order valence-corrected chi connectivity index (χ4v) is 3.52. The van der Waals surface area contributed by atoms with E-state index in [2.05, 4.69) is 15.4 Å². The van der Waals surface area contributed by atoms with E-state index in [1.54, 1.807) is 16.9 Å². The second kappa shape index (κ2) is 9.95. The van der Waals surface area contributed by atoms with E-state index >= 15 is 0 Å². The molecule has 2 aromatic carbocycles. The Morgan fingerprint density at radius 1 is 1.03 bits per heavy atom. The van der Waals surface area contributed by atoms with Crippen LogP contribution in [0.25, 0.3) is 16.8 Å². The molecule has 0 unspecified atom stereocenters. The zero-order chi connectivity index (χ0) is 23.2. The van der Waals surface area contributed by atoms with Crippen molar-refractivity contribution >= 4 is 17.8 Å². The highest BCUT2D eigenvalue weighted by Crippen LogP contribution is 2.22. The van der Waals surface area contributed by atoms with E-state index in [-0.39, 0.29) is 11.9 Å². The van der Waals surface area contributed by atoms with Gasteiger partial charge in [-0.1, -0.05) is 30.3 Å². The lowest BCUT2D eigenvalue weighted by Gasteiger charge is -2.09. The molecule has 0 saturated carbocycles. The number of aromatic nitrogens is 4. The molecule has 2 aromatic heterocycles. The molecule has 0 bridgehead atoms. The number of nitrogens with zero attached hydrogens (tertiary/aromatic N) is 4. The van der Waals surface area contributed by atoms with Crippen molar-refractivity contribution in [1.82, 2.24) is 19.3 Å². The summed E-state index contributed by atoms with van der Waals surface area (Å²) in [5.41, 5.74) is 4.02. The molecule has 8 heteroatoms. The number of amides is 1.